The number of aliphatic hydroxyl groups excluding tert-OH is 9. The largest absolute Gasteiger partial charge is 0.394 e. The van der Waals surface area contributed by atoms with Gasteiger partial charge in [0.25, 0.3) is 0 Å². The standard InChI is InChI=1S/C18H32O14/c1-4-7(20)9(22)12(25)17(28-4)32-15-8(21)5(2)29-18(13(15)26)31-14-6(3-19)30-16(27)11(24)10(14)23/h4-27H,3H2,1-2H3/t4-,5-,6+,7-,8-,9+,10+,11+,12+,13+,14+,15+,16-,17-,18+/m0/s1. The molecule has 0 bridgehead atoms. The van der Waals surface area contributed by atoms with Gasteiger partial charge in [-0.3, -0.25) is 0 Å². The van der Waals surface area contributed by atoms with Gasteiger partial charge < -0.3 is 69.6 Å². The van der Waals surface area contributed by atoms with Crippen LogP contribution < -0.4 is 0 Å². The number of aliphatic hydroxyl groups is 9. The summed E-state index contributed by atoms with van der Waals surface area (Å²) in [5.74, 6) is 0. The summed E-state index contributed by atoms with van der Waals surface area (Å²) >= 11 is 0. The molecule has 3 aliphatic rings. The molecular weight excluding hydrogens is 440 g/mol. The van der Waals surface area contributed by atoms with E-state index in [4.69, 9.17) is 23.7 Å². The molecule has 3 rings (SSSR count). The first-order valence-corrected chi connectivity index (χ1v) is 10.3. The van der Waals surface area contributed by atoms with E-state index in [2.05, 4.69) is 0 Å². The van der Waals surface area contributed by atoms with Crippen molar-refractivity contribution in [2.24, 2.45) is 0 Å². The highest BCUT2D eigenvalue weighted by molar-refractivity contribution is 4.95. The van der Waals surface area contributed by atoms with Crippen molar-refractivity contribution in [3.8, 4) is 0 Å². The summed E-state index contributed by atoms with van der Waals surface area (Å²) in [4.78, 5) is 0. The summed E-state index contributed by atoms with van der Waals surface area (Å²) in [6.45, 7) is 2.16. The Morgan fingerprint density at radius 3 is 1.69 bits per heavy atom. The zero-order valence-electron chi connectivity index (χ0n) is 17.4. The molecule has 0 aromatic heterocycles. The van der Waals surface area contributed by atoms with Gasteiger partial charge in [-0.1, -0.05) is 0 Å². The number of hydrogen-bond donors (Lipinski definition) is 9. The fourth-order valence-electron chi connectivity index (χ4n) is 3.94. The minimum atomic E-state index is -1.77. The Bertz CT molecular complexity index is 608. The van der Waals surface area contributed by atoms with Gasteiger partial charge >= 0.3 is 0 Å². The molecule has 15 atom stereocenters. The Labute approximate surface area is 183 Å². The molecule has 32 heavy (non-hydrogen) atoms. The summed E-state index contributed by atoms with van der Waals surface area (Å²) < 4.78 is 26.8. The highest BCUT2D eigenvalue weighted by Gasteiger charge is 2.52. The van der Waals surface area contributed by atoms with Crippen molar-refractivity contribution >= 4 is 0 Å². The molecule has 0 spiro atoms. The summed E-state index contributed by atoms with van der Waals surface area (Å²) in [6, 6.07) is 0. The predicted molar refractivity (Wildman–Crippen MR) is 98.4 cm³/mol. The van der Waals surface area contributed by atoms with Gasteiger partial charge in [0, 0.05) is 0 Å². The van der Waals surface area contributed by atoms with Gasteiger partial charge in [0.1, 0.15) is 61.0 Å². The fraction of sp³-hybridized carbons (Fsp3) is 1.00. The third-order valence-corrected chi connectivity index (χ3v) is 6.01. The van der Waals surface area contributed by atoms with Crippen molar-refractivity contribution in [2.45, 2.75) is 106 Å². The normalized spacial score (nSPS) is 55.0. The highest BCUT2D eigenvalue weighted by atomic mass is 16.7. The zero-order valence-corrected chi connectivity index (χ0v) is 17.4. The van der Waals surface area contributed by atoms with E-state index in [1.165, 1.54) is 13.8 Å². The monoisotopic (exact) mass is 472 g/mol. The summed E-state index contributed by atoms with van der Waals surface area (Å²) in [5, 5.41) is 90.3. The maximum atomic E-state index is 10.7. The molecule has 0 amide bonds. The molecule has 3 saturated heterocycles. The first-order valence-electron chi connectivity index (χ1n) is 10.3. The Hall–Kier alpha value is -0.560. The Balaban J connectivity index is 1.74. The minimum absolute atomic E-state index is 0.702. The van der Waals surface area contributed by atoms with E-state index in [0.717, 1.165) is 0 Å². The topological polar surface area (TPSA) is 228 Å². The van der Waals surface area contributed by atoms with Crippen LogP contribution >= 0.6 is 0 Å². The lowest BCUT2D eigenvalue weighted by Gasteiger charge is -2.47. The Kier molecular flexibility index (Phi) is 8.44. The van der Waals surface area contributed by atoms with E-state index in [1.807, 2.05) is 0 Å². The van der Waals surface area contributed by atoms with Crippen molar-refractivity contribution in [3.63, 3.8) is 0 Å². The summed E-state index contributed by atoms with van der Waals surface area (Å²) in [5.41, 5.74) is 0. The second-order valence-corrected chi connectivity index (χ2v) is 8.30. The molecule has 14 heteroatoms. The first kappa shape index (κ1) is 26.1. The molecule has 3 fully saturated rings. The van der Waals surface area contributed by atoms with E-state index < -0.39 is 98.7 Å². The van der Waals surface area contributed by atoms with Crippen molar-refractivity contribution < 1.29 is 69.6 Å². The maximum absolute atomic E-state index is 10.7. The van der Waals surface area contributed by atoms with Crippen LogP contribution in [0.1, 0.15) is 13.8 Å². The van der Waals surface area contributed by atoms with E-state index in [9.17, 15) is 46.0 Å². The molecule has 0 unspecified atom stereocenters. The number of hydrogen-bond acceptors (Lipinski definition) is 14. The van der Waals surface area contributed by atoms with Crippen LogP contribution in [0, 0.1) is 0 Å². The van der Waals surface area contributed by atoms with E-state index in [0.29, 0.717) is 0 Å². The molecular formula is C18H32O14. The molecule has 188 valence electrons. The average molecular weight is 472 g/mol. The summed E-state index contributed by atoms with van der Waals surface area (Å²) in [7, 11) is 0. The molecule has 14 nitrogen and oxygen atoms in total. The van der Waals surface area contributed by atoms with Gasteiger partial charge in [-0.2, -0.15) is 0 Å². The van der Waals surface area contributed by atoms with E-state index >= 15 is 0 Å². The maximum Gasteiger partial charge on any atom is 0.187 e. The van der Waals surface area contributed by atoms with Gasteiger partial charge in [-0.15, -0.1) is 0 Å². The van der Waals surface area contributed by atoms with Crippen LogP contribution in [0.15, 0.2) is 0 Å². The third-order valence-electron chi connectivity index (χ3n) is 6.01. The second-order valence-electron chi connectivity index (χ2n) is 8.30. The molecule has 3 aliphatic heterocycles. The van der Waals surface area contributed by atoms with Crippen LogP contribution in [-0.4, -0.2) is 145 Å². The van der Waals surface area contributed by atoms with Crippen molar-refractivity contribution in [3.05, 3.63) is 0 Å². The lowest BCUT2D eigenvalue weighted by Crippen LogP contribution is -2.65. The SMILES string of the molecule is C[C@@H]1O[C@@H](O[C@@H]2[C@@H](O)[C@H](C)O[C@H](O[C@H]3[C@H](O)[C@@H](O)[C@@H](O)O[C@@H]3CO)[C@@H]2O)[C@H](O)[C@H](O)[C@H]1O. The smallest absolute Gasteiger partial charge is 0.187 e. The van der Waals surface area contributed by atoms with E-state index in [1.54, 1.807) is 0 Å². The van der Waals surface area contributed by atoms with Gasteiger partial charge in [0.2, 0.25) is 0 Å². The fourth-order valence-corrected chi connectivity index (χ4v) is 3.94. The highest BCUT2D eigenvalue weighted by Crippen LogP contribution is 2.32. The molecule has 9 N–H and O–H groups in total. The lowest BCUT2D eigenvalue weighted by atomic mass is 9.96. The van der Waals surface area contributed by atoms with Crippen LogP contribution in [0.5, 0.6) is 0 Å². The predicted octanol–water partition coefficient (Wildman–Crippen LogP) is -5.52. The molecule has 3 heterocycles. The molecule has 0 saturated carbocycles. The first-order chi connectivity index (χ1) is 15.0. The third kappa shape index (κ3) is 4.94. The van der Waals surface area contributed by atoms with Crippen LogP contribution in [0.25, 0.3) is 0 Å². The van der Waals surface area contributed by atoms with Gasteiger partial charge in [-0.25, -0.2) is 0 Å². The molecule has 0 aliphatic carbocycles. The van der Waals surface area contributed by atoms with Crippen LogP contribution in [0.4, 0.5) is 0 Å². The van der Waals surface area contributed by atoms with Crippen LogP contribution in [0.3, 0.4) is 0 Å². The zero-order chi connectivity index (χ0) is 23.9. The molecule has 0 aromatic rings. The lowest BCUT2D eigenvalue weighted by molar-refractivity contribution is -0.374. The van der Waals surface area contributed by atoms with E-state index in [-0.39, 0.29) is 0 Å². The quantitative estimate of drug-likeness (QED) is 0.182. The van der Waals surface area contributed by atoms with Gasteiger partial charge in [-0.05, 0) is 13.8 Å². The molecule has 0 aromatic carbocycles. The Morgan fingerprint density at radius 2 is 1.09 bits per heavy atom. The van der Waals surface area contributed by atoms with Crippen LogP contribution in [0.2, 0.25) is 0 Å². The Morgan fingerprint density at radius 1 is 0.562 bits per heavy atom. The number of rotatable bonds is 5. The second kappa shape index (κ2) is 10.4. The van der Waals surface area contributed by atoms with Crippen molar-refractivity contribution in [1.29, 1.82) is 0 Å². The van der Waals surface area contributed by atoms with Crippen molar-refractivity contribution in [2.75, 3.05) is 6.61 Å². The number of ether oxygens (including phenoxy) is 5. The van der Waals surface area contributed by atoms with Gasteiger partial charge in [0.15, 0.2) is 18.9 Å². The molecule has 0 radical (unpaired) electrons. The summed E-state index contributed by atoms with van der Waals surface area (Å²) in [6.07, 6.45) is -22.3. The minimum Gasteiger partial charge on any atom is -0.394 e. The average Bonchev–Trinajstić information content (AvgIpc) is 2.76. The van der Waals surface area contributed by atoms with Gasteiger partial charge in [0.05, 0.1) is 18.8 Å². The van der Waals surface area contributed by atoms with Crippen LogP contribution in [-0.2, 0) is 23.7 Å². The van der Waals surface area contributed by atoms with Crippen molar-refractivity contribution in [1.82, 2.24) is 0 Å².